The van der Waals surface area contributed by atoms with Crippen LogP contribution in [-0.4, -0.2) is 18.0 Å². The number of anilines is 1. The molecule has 0 spiro atoms. The van der Waals surface area contributed by atoms with Gasteiger partial charge in [0, 0.05) is 11.7 Å². The van der Waals surface area contributed by atoms with E-state index >= 15 is 0 Å². The molecule has 108 valence electrons. The van der Waals surface area contributed by atoms with Crippen LogP contribution in [0.2, 0.25) is 0 Å². The van der Waals surface area contributed by atoms with Gasteiger partial charge in [0.1, 0.15) is 0 Å². The van der Waals surface area contributed by atoms with Gasteiger partial charge in [-0.2, -0.15) is 0 Å². The van der Waals surface area contributed by atoms with E-state index in [2.05, 4.69) is 23.6 Å². The minimum absolute atomic E-state index is 0.0499. The average Bonchev–Trinajstić information content (AvgIpc) is 3.27. The summed E-state index contributed by atoms with van der Waals surface area (Å²) in [6.07, 6.45) is 6.94. The Morgan fingerprint density at radius 1 is 1.30 bits per heavy atom. The smallest absolute Gasteiger partial charge is 0.241 e. The number of fused-ring (bicyclic) bond motifs is 1. The molecule has 1 aliphatic carbocycles. The summed E-state index contributed by atoms with van der Waals surface area (Å²) in [4.78, 5) is 12.4. The molecule has 1 aromatic carbocycles. The molecule has 2 atom stereocenters. The van der Waals surface area contributed by atoms with Gasteiger partial charge in [0.15, 0.2) is 0 Å². The fraction of sp³-hybridized carbons (Fsp3) is 0.588. The maximum Gasteiger partial charge on any atom is 0.241 e. The van der Waals surface area contributed by atoms with Crippen LogP contribution in [0.25, 0.3) is 0 Å². The number of amides is 1. The zero-order valence-corrected chi connectivity index (χ0v) is 12.2. The second kappa shape index (κ2) is 5.96. The molecule has 1 aromatic rings. The molecule has 1 fully saturated rings. The maximum absolute atomic E-state index is 12.4. The fourth-order valence-electron chi connectivity index (χ4n) is 3.06. The van der Waals surface area contributed by atoms with Crippen LogP contribution in [-0.2, 0) is 11.2 Å². The minimum atomic E-state index is -0.0499. The van der Waals surface area contributed by atoms with Crippen LogP contribution in [0.15, 0.2) is 24.3 Å². The van der Waals surface area contributed by atoms with Crippen LogP contribution in [0.1, 0.15) is 44.6 Å². The van der Waals surface area contributed by atoms with Gasteiger partial charge in [-0.05, 0) is 43.2 Å². The quantitative estimate of drug-likeness (QED) is 0.864. The van der Waals surface area contributed by atoms with Crippen LogP contribution in [0.5, 0.6) is 0 Å². The number of rotatable bonds is 5. The lowest BCUT2D eigenvalue weighted by molar-refractivity contribution is -0.118. The molecule has 1 heterocycles. The van der Waals surface area contributed by atoms with Gasteiger partial charge in [-0.15, -0.1) is 0 Å². The van der Waals surface area contributed by atoms with Gasteiger partial charge in [-0.25, -0.2) is 0 Å². The molecule has 0 bridgehead atoms. The van der Waals surface area contributed by atoms with Crippen molar-refractivity contribution in [3.8, 4) is 0 Å². The van der Waals surface area contributed by atoms with Crippen molar-refractivity contribution in [2.75, 3.05) is 5.32 Å². The number of carbonyl (C=O) groups excluding carboxylic acids is 1. The van der Waals surface area contributed by atoms with E-state index in [4.69, 9.17) is 0 Å². The fourth-order valence-corrected chi connectivity index (χ4v) is 3.06. The maximum atomic E-state index is 12.4. The molecule has 1 amide bonds. The molecule has 0 radical (unpaired) electrons. The van der Waals surface area contributed by atoms with Crippen molar-refractivity contribution in [2.45, 2.75) is 57.5 Å². The molecular weight excluding hydrogens is 248 g/mol. The predicted molar refractivity (Wildman–Crippen MR) is 81.7 cm³/mol. The van der Waals surface area contributed by atoms with Crippen molar-refractivity contribution in [3.05, 3.63) is 29.8 Å². The normalized spacial score (nSPS) is 23.6. The molecule has 0 saturated heterocycles. The lowest BCUT2D eigenvalue weighted by atomic mass is 10.0. The first kappa shape index (κ1) is 13.6. The number of carbonyl (C=O) groups is 1. The Balaban J connectivity index is 1.64. The Morgan fingerprint density at radius 2 is 2.10 bits per heavy atom. The van der Waals surface area contributed by atoms with Gasteiger partial charge in [0.25, 0.3) is 0 Å². The second-order valence-corrected chi connectivity index (χ2v) is 6.19. The van der Waals surface area contributed by atoms with Crippen LogP contribution in [0, 0.1) is 5.92 Å². The van der Waals surface area contributed by atoms with E-state index < -0.39 is 0 Å². The lowest BCUT2D eigenvalue weighted by Gasteiger charge is -2.23. The number of nitrogens with one attached hydrogen (secondary N) is 2. The Kier molecular flexibility index (Phi) is 4.06. The Bertz CT molecular complexity index is 482. The summed E-state index contributed by atoms with van der Waals surface area (Å²) in [7, 11) is 0. The van der Waals surface area contributed by atoms with E-state index in [1.807, 2.05) is 18.2 Å². The highest BCUT2D eigenvalue weighted by atomic mass is 16.2. The predicted octanol–water partition coefficient (Wildman–Crippen LogP) is 3.11. The highest BCUT2D eigenvalue weighted by Crippen LogP contribution is 2.34. The third-order valence-electron chi connectivity index (χ3n) is 4.54. The van der Waals surface area contributed by atoms with Crippen LogP contribution in [0.4, 0.5) is 5.69 Å². The highest BCUT2D eigenvalue weighted by molar-refractivity contribution is 5.96. The summed E-state index contributed by atoms with van der Waals surface area (Å²) < 4.78 is 0. The van der Waals surface area contributed by atoms with Crippen LogP contribution < -0.4 is 10.6 Å². The Hall–Kier alpha value is -1.35. The van der Waals surface area contributed by atoms with Gasteiger partial charge in [-0.1, -0.05) is 38.0 Å². The molecule has 2 aliphatic rings. The van der Waals surface area contributed by atoms with Crippen molar-refractivity contribution in [1.29, 1.82) is 0 Å². The third kappa shape index (κ3) is 3.21. The van der Waals surface area contributed by atoms with Crippen LogP contribution >= 0.6 is 0 Å². The zero-order chi connectivity index (χ0) is 13.9. The molecule has 1 saturated carbocycles. The largest absolute Gasteiger partial charge is 0.324 e. The SMILES string of the molecule is CCC(CC1CC1)NC1CCc2ccccc2NC1=O. The highest BCUT2D eigenvalue weighted by Gasteiger charge is 2.29. The number of aryl methyl sites for hydroxylation is 1. The summed E-state index contributed by atoms with van der Waals surface area (Å²) in [5.41, 5.74) is 2.23. The molecule has 3 heteroatoms. The monoisotopic (exact) mass is 272 g/mol. The topological polar surface area (TPSA) is 41.1 Å². The first-order valence-corrected chi connectivity index (χ1v) is 7.91. The Labute approximate surface area is 121 Å². The van der Waals surface area contributed by atoms with Gasteiger partial charge in [-0.3, -0.25) is 4.79 Å². The van der Waals surface area contributed by atoms with E-state index in [9.17, 15) is 4.79 Å². The zero-order valence-electron chi connectivity index (χ0n) is 12.2. The summed E-state index contributed by atoms with van der Waals surface area (Å²) >= 11 is 0. The number of hydrogen-bond donors (Lipinski definition) is 2. The van der Waals surface area contributed by atoms with Gasteiger partial charge in [0.2, 0.25) is 5.91 Å². The van der Waals surface area contributed by atoms with Crippen molar-refractivity contribution >= 4 is 11.6 Å². The van der Waals surface area contributed by atoms with Crippen molar-refractivity contribution in [2.24, 2.45) is 5.92 Å². The molecule has 0 aromatic heterocycles. The summed E-state index contributed by atoms with van der Waals surface area (Å²) in [5, 5.41) is 6.66. The Morgan fingerprint density at radius 3 is 2.85 bits per heavy atom. The molecular formula is C17H24N2O. The minimum Gasteiger partial charge on any atom is -0.324 e. The van der Waals surface area contributed by atoms with Gasteiger partial charge < -0.3 is 10.6 Å². The first-order valence-electron chi connectivity index (χ1n) is 7.91. The van der Waals surface area contributed by atoms with Crippen molar-refractivity contribution in [1.82, 2.24) is 5.32 Å². The van der Waals surface area contributed by atoms with E-state index in [0.29, 0.717) is 6.04 Å². The first-order chi connectivity index (χ1) is 9.76. The summed E-state index contributed by atoms with van der Waals surface area (Å²) in [6.45, 7) is 2.21. The number of hydrogen-bond acceptors (Lipinski definition) is 2. The standard InChI is InChI=1S/C17H24N2O/c1-2-14(11-12-7-8-12)18-16-10-9-13-5-3-4-6-15(13)19-17(16)20/h3-6,12,14,16,18H,2,7-11H2,1H3,(H,19,20). The molecule has 20 heavy (non-hydrogen) atoms. The molecule has 3 rings (SSSR count). The van der Waals surface area contributed by atoms with Crippen LogP contribution in [0.3, 0.4) is 0 Å². The molecule has 2 unspecified atom stereocenters. The van der Waals surface area contributed by atoms with E-state index in [1.165, 1.54) is 24.8 Å². The number of para-hydroxylation sites is 1. The second-order valence-electron chi connectivity index (χ2n) is 6.19. The molecule has 1 aliphatic heterocycles. The van der Waals surface area contributed by atoms with Gasteiger partial charge in [0.05, 0.1) is 6.04 Å². The average molecular weight is 272 g/mol. The van der Waals surface area contributed by atoms with E-state index in [1.54, 1.807) is 0 Å². The number of benzene rings is 1. The molecule has 3 nitrogen and oxygen atoms in total. The van der Waals surface area contributed by atoms with Crippen molar-refractivity contribution < 1.29 is 4.79 Å². The molecule has 2 N–H and O–H groups in total. The van der Waals surface area contributed by atoms with Gasteiger partial charge >= 0.3 is 0 Å². The summed E-state index contributed by atoms with van der Waals surface area (Å²) in [5.74, 6) is 1.03. The van der Waals surface area contributed by atoms with E-state index in [0.717, 1.165) is 30.9 Å². The lowest BCUT2D eigenvalue weighted by Crippen LogP contribution is -2.45. The van der Waals surface area contributed by atoms with Crippen molar-refractivity contribution in [3.63, 3.8) is 0 Å². The third-order valence-corrected chi connectivity index (χ3v) is 4.54. The summed E-state index contributed by atoms with van der Waals surface area (Å²) in [6, 6.07) is 8.57. The van der Waals surface area contributed by atoms with E-state index in [-0.39, 0.29) is 11.9 Å².